The van der Waals surface area contributed by atoms with E-state index in [4.69, 9.17) is 0 Å². The van der Waals surface area contributed by atoms with Gasteiger partial charge in [0.1, 0.15) is 0 Å². The van der Waals surface area contributed by atoms with Gasteiger partial charge in [-0.2, -0.15) is 0 Å². The first-order valence-electron chi connectivity index (χ1n) is 6.10. The van der Waals surface area contributed by atoms with E-state index < -0.39 is 15.8 Å². The summed E-state index contributed by atoms with van der Waals surface area (Å²) in [5.74, 6) is -0.489. The van der Waals surface area contributed by atoms with Gasteiger partial charge in [0.25, 0.3) is 0 Å². The molecule has 4 nitrogen and oxygen atoms in total. The molecule has 1 fully saturated rings. The largest absolute Gasteiger partial charge is 0.326 e. The summed E-state index contributed by atoms with van der Waals surface area (Å²) < 4.78 is 22.6. The van der Waals surface area contributed by atoms with Crippen LogP contribution in [0.3, 0.4) is 0 Å². The molecule has 0 saturated carbocycles. The number of hydrogen-bond acceptors (Lipinski definition) is 3. The summed E-state index contributed by atoms with van der Waals surface area (Å²) in [5, 5.41) is 2.79. The van der Waals surface area contributed by atoms with Gasteiger partial charge in [-0.3, -0.25) is 4.79 Å². The van der Waals surface area contributed by atoms with E-state index >= 15 is 0 Å². The zero-order valence-electron chi connectivity index (χ0n) is 10.3. The van der Waals surface area contributed by atoms with Gasteiger partial charge in [0.05, 0.1) is 17.4 Å². The zero-order valence-corrected chi connectivity index (χ0v) is 11.2. The van der Waals surface area contributed by atoms with E-state index in [1.165, 1.54) is 0 Å². The van der Waals surface area contributed by atoms with Gasteiger partial charge in [0.2, 0.25) is 5.91 Å². The van der Waals surface area contributed by atoms with E-state index in [2.05, 4.69) is 5.32 Å². The van der Waals surface area contributed by atoms with E-state index in [0.29, 0.717) is 6.42 Å². The van der Waals surface area contributed by atoms with Crippen molar-refractivity contribution in [2.24, 2.45) is 5.92 Å². The van der Waals surface area contributed by atoms with Crippen LogP contribution in [0.2, 0.25) is 0 Å². The van der Waals surface area contributed by atoms with Crippen LogP contribution >= 0.6 is 0 Å². The van der Waals surface area contributed by atoms with E-state index in [1.54, 1.807) is 0 Å². The standard InChI is InChI=1S/C13H17NO3S/c1-2-10-4-3-5-12(8-10)14-13(15)11-6-7-18(16,17)9-11/h3-5,8,11H,2,6-7,9H2,1H3,(H,14,15)/t11-/m1/s1. The molecule has 18 heavy (non-hydrogen) atoms. The Morgan fingerprint density at radius 2 is 2.22 bits per heavy atom. The molecule has 1 atom stereocenters. The summed E-state index contributed by atoms with van der Waals surface area (Å²) in [6.45, 7) is 2.05. The average Bonchev–Trinajstić information content (AvgIpc) is 2.70. The lowest BCUT2D eigenvalue weighted by Gasteiger charge is -2.10. The third-order valence-corrected chi connectivity index (χ3v) is 4.97. The van der Waals surface area contributed by atoms with E-state index in [1.807, 2.05) is 31.2 Å². The Morgan fingerprint density at radius 1 is 1.44 bits per heavy atom. The third-order valence-electron chi connectivity index (χ3n) is 3.21. The topological polar surface area (TPSA) is 63.2 Å². The minimum Gasteiger partial charge on any atom is -0.326 e. The van der Waals surface area contributed by atoms with Crippen molar-refractivity contribution >= 4 is 21.4 Å². The second-order valence-electron chi connectivity index (χ2n) is 4.64. The summed E-state index contributed by atoms with van der Waals surface area (Å²) in [6, 6.07) is 7.62. The SMILES string of the molecule is CCc1cccc(NC(=O)[C@@H]2CCS(=O)(=O)C2)c1. The molecular weight excluding hydrogens is 250 g/mol. The molecule has 0 unspecified atom stereocenters. The molecule has 0 bridgehead atoms. The van der Waals surface area contributed by atoms with Gasteiger partial charge in [-0.05, 0) is 30.5 Å². The first kappa shape index (κ1) is 13.1. The van der Waals surface area contributed by atoms with Crippen molar-refractivity contribution in [2.45, 2.75) is 19.8 Å². The molecule has 0 spiro atoms. The molecule has 2 rings (SSSR count). The van der Waals surface area contributed by atoms with Gasteiger partial charge in [-0.25, -0.2) is 8.42 Å². The summed E-state index contributed by atoms with van der Waals surface area (Å²) >= 11 is 0. The van der Waals surface area contributed by atoms with Crippen LogP contribution in [-0.2, 0) is 21.1 Å². The second-order valence-corrected chi connectivity index (χ2v) is 6.87. The molecule has 0 aliphatic carbocycles. The van der Waals surface area contributed by atoms with Crippen LogP contribution in [-0.4, -0.2) is 25.8 Å². The summed E-state index contributed by atoms with van der Waals surface area (Å²) in [4.78, 5) is 11.9. The smallest absolute Gasteiger partial charge is 0.228 e. The summed E-state index contributed by atoms with van der Waals surface area (Å²) in [6.07, 6.45) is 1.34. The second kappa shape index (κ2) is 5.10. The fourth-order valence-electron chi connectivity index (χ4n) is 2.12. The Balaban J connectivity index is 2.03. The molecule has 0 radical (unpaired) electrons. The molecule has 1 aromatic rings. The molecule has 1 N–H and O–H groups in total. The Labute approximate surface area is 107 Å². The number of hydrogen-bond donors (Lipinski definition) is 1. The van der Waals surface area contributed by atoms with Gasteiger partial charge < -0.3 is 5.32 Å². The fourth-order valence-corrected chi connectivity index (χ4v) is 3.86. The van der Waals surface area contributed by atoms with E-state index in [9.17, 15) is 13.2 Å². The Hall–Kier alpha value is -1.36. The maximum Gasteiger partial charge on any atom is 0.228 e. The van der Waals surface area contributed by atoms with Crippen molar-refractivity contribution in [3.63, 3.8) is 0 Å². The van der Waals surface area contributed by atoms with Crippen molar-refractivity contribution in [2.75, 3.05) is 16.8 Å². The zero-order chi connectivity index (χ0) is 13.2. The molecule has 1 aliphatic heterocycles. The minimum absolute atomic E-state index is 0.0215. The van der Waals surface area contributed by atoms with Crippen LogP contribution in [0.1, 0.15) is 18.9 Å². The van der Waals surface area contributed by atoms with Crippen LogP contribution in [0, 0.1) is 5.92 Å². The molecule has 0 aromatic heterocycles. The van der Waals surface area contributed by atoms with E-state index in [0.717, 1.165) is 17.7 Å². The molecular formula is C13H17NO3S. The molecule has 1 saturated heterocycles. The predicted molar refractivity (Wildman–Crippen MR) is 71.2 cm³/mol. The van der Waals surface area contributed by atoms with Crippen LogP contribution in [0.25, 0.3) is 0 Å². The van der Waals surface area contributed by atoms with Crippen molar-refractivity contribution in [3.05, 3.63) is 29.8 Å². The molecule has 1 heterocycles. The lowest BCUT2D eigenvalue weighted by Crippen LogP contribution is -2.23. The minimum atomic E-state index is -3.01. The number of carbonyl (C=O) groups excluding carboxylic acids is 1. The maximum absolute atomic E-state index is 11.9. The predicted octanol–water partition coefficient (Wildman–Crippen LogP) is 1.62. The van der Waals surface area contributed by atoms with Crippen LogP contribution in [0.5, 0.6) is 0 Å². The van der Waals surface area contributed by atoms with Gasteiger partial charge in [0, 0.05) is 5.69 Å². The highest BCUT2D eigenvalue weighted by molar-refractivity contribution is 7.91. The first-order valence-corrected chi connectivity index (χ1v) is 7.92. The molecule has 1 aliphatic rings. The quantitative estimate of drug-likeness (QED) is 0.905. The van der Waals surface area contributed by atoms with Gasteiger partial charge >= 0.3 is 0 Å². The molecule has 5 heteroatoms. The van der Waals surface area contributed by atoms with Crippen molar-refractivity contribution in [1.82, 2.24) is 0 Å². The van der Waals surface area contributed by atoms with E-state index in [-0.39, 0.29) is 17.4 Å². The number of carbonyl (C=O) groups is 1. The Morgan fingerprint density at radius 3 is 2.83 bits per heavy atom. The average molecular weight is 267 g/mol. The highest BCUT2D eigenvalue weighted by atomic mass is 32.2. The number of aryl methyl sites for hydroxylation is 1. The third kappa shape index (κ3) is 3.10. The number of nitrogens with one attached hydrogen (secondary N) is 1. The van der Waals surface area contributed by atoms with Gasteiger partial charge in [0.15, 0.2) is 9.84 Å². The lowest BCUT2D eigenvalue weighted by atomic mass is 10.1. The molecule has 1 aromatic carbocycles. The highest BCUT2D eigenvalue weighted by Crippen LogP contribution is 2.20. The first-order chi connectivity index (χ1) is 8.50. The highest BCUT2D eigenvalue weighted by Gasteiger charge is 2.32. The van der Waals surface area contributed by atoms with Crippen LogP contribution in [0.4, 0.5) is 5.69 Å². The Kier molecular flexibility index (Phi) is 3.71. The van der Waals surface area contributed by atoms with Crippen LogP contribution in [0.15, 0.2) is 24.3 Å². The summed E-state index contributed by atoms with van der Waals surface area (Å²) in [5.41, 5.74) is 1.88. The Bertz CT molecular complexity index is 551. The number of amides is 1. The van der Waals surface area contributed by atoms with Crippen molar-refractivity contribution < 1.29 is 13.2 Å². The van der Waals surface area contributed by atoms with Gasteiger partial charge in [-0.15, -0.1) is 0 Å². The van der Waals surface area contributed by atoms with Gasteiger partial charge in [-0.1, -0.05) is 19.1 Å². The number of anilines is 1. The van der Waals surface area contributed by atoms with Crippen LogP contribution < -0.4 is 5.32 Å². The fraction of sp³-hybridized carbons (Fsp3) is 0.462. The van der Waals surface area contributed by atoms with Crippen molar-refractivity contribution in [1.29, 1.82) is 0 Å². The lowest BCUT2D eigenvalue weighted by molar-refractivity contribution is -0.119. The number of rotatable bonds is 3. The van der Waals surface area contributed by atoms with Crippen molar-refractivity contribution in [3.8, 4) is 0 Å². The number of benzene rings is 1. The monoisotopic (exact) mass is 267 g/mol. The molecule has 98 valence electrons. The number of sulfone groups is 1. The normalized spacial score (nSPS) is 21.7. The maximum atomic E-state index is 11.9. The summed E-state index contributed by atoms with van der Waals surface area (Å²) in [7, 11) is -3.01. The molecule has 1 amide bonds.